The van der Waals surface area contributed by atoms with Gasteiger partial charge >= 0.3 is 7.82 Å². The van der Waals surface area contributed by atoms with Crippen LogP contribution in [0.2, 0.25) is 0 Å². The third-order valence-corrected chi connectivity index (χ3v) is 2.93. The van der Waals surface area contributed by atoms with Gasteiger partial charge in [0, 0.05) is 17.0 Å². The van der Waals surface area contributed by atoms with E-state index in [-0.39, 0.29) is 5.88 Å². The summed E-state index contributed by atoms with van der Waals surface area (Å²) >= 11 is 4.79. The van der Waals surface area contributed by atoms with Crippen molar-refractivity contribution in [1.29, 1.82) is 0 Å². The number of para-hydroxylation sites is 1. The Kier molecular flexibility index (Phi) is 2.71. The number of hydrogen-bond acceptors (Lipinski definition) is 3. The number of aromatic amines is 1. The number of phosphoric ester groups is 1. The number of halogens is 1. The molecule has 2 rings (SSSR count). The molecule has 2 aromatic rings. The third kappa shape index (κ3) is 2.33. The van der Waals surface area contributed by atoms with Gasteiger partial charge in [-0.2, -0.15) is 4.08 Å². The van der Waals surface area contributed by atoms with E-state index in [0.29, 0.717) is 0 Å². The number of H-pyrrole nitrogens is 1. The van der Waals surface area contributed by atoms with Crippen molar-refractivity contribution in [3.05, 3.63) is 30.3 Å². The van der Waals surface area contributed by atoms with Crippen LogP contribution < -0.4 is 4.52 Å². The lowest BCUT2D eigenvalue weighted by atomic mass is 10.3. The van der Waals surface area contributed by atoms with Crippen LogP contribution >= 0.6 is 19.7 Å². The minimum atomic E-state index is -4.22. The SMILES string of the molecule is O=P(O)(OCl)Oc1cc2ccccc2[nH]1. The van der Waals surface area contributed by atoms with Crippen molar-refractivity contribution in [1.82, 2.24) is 4.98 Å². The van der Waals surface area contributed by atoms with E-state index in [1.165, 1.54) is 0 Å². The highest BCUT2D eigenvalue weighted by Gasteiger charge is 2.23. The zero-order valence-corrected chi connectivity index (χ0v) is 9.03. The molecule has 7 heteroatoms. The molecule has 1 unspecified atom stereocenters. The fourth-order valence-electron chi connectivity index (χ4n) is 1.23. The topological polar surface area (TPSA) is 71.6 Å². The van der Waals surface area contributed by atoms with Gasteiger partial charge in [-0.1, -0.05) is 18.2 Å². The Hall–Kier alpha value is -1.00. The first kappa shape index (κ1) is 10.5. The Morgan fingerprint density at radius 3 is 2.80 bits per heavy atom. The number of phosphoric acid groups is 1. The van der Waals surface area contributed by atoms with Crippen LogP contribution in [0.5, 0.6) is 5.88 Å². The van der Waals surface area contributed by atoms with E-state index in [9.17, 15) is 4.57 Å². The normalized spacial score (nSPS) is 15.1. The fraction of sp³-hybridized carbons (Fsp3) is 0. The summed E-state index contributed by atoms with van der Waals surface area (Å²) in [5.74, 6) is 0.127. The van der Waals surface area contributed by atoms with E-state index >= 15 is 0 Å². The van der Waals surface area contributed by atoms with Gasteiger partial charge in [-0.15, -0.1) is 0 Å². The van der Waals surface area contributed by atoms with Gasteiger partial charge in [0.15, 0.2) is 0 Å². The van der Waals surface area contributed by atoms with Crippen LogP contribution in [0, 0.1) is 0 Å². The molecule has 0 bridgehead atoms. The summed E-state index contributed by atoms with van der Waals surface area (Å²) in [5.41, 5.74) is 0.794. The van der Waals surface area contributed by atoms with Gasteiger partial charge in [-0.3, -0.25) is 4.89 Å². The standard InChI is InChI=1S/C8H7ClNO4P/c9-14-15(11,12)13-8-5-6-3-1-2-4-7(6)10-8/h1-5,10H,(H,11,12). The van der Waals surface area contributed by atoms with Crippen LogP contribution in [0.1, 0.15) is 0 Å². The molecule has 2 N–H and O–H groups in total. The summed E-state index contributed by atoms with van der Waals surface area (Å²) in [5, 5.41) is 0.863. The molecular weight excluding hydrogens is 241 g/mol. The van der Waals surface area contributed by atoms with Gasteiger partial charge in [-0.25, -0.2) is 4.57 Å². The highest BCUT2D eigenvalue weighted by molar-refractivity contribution is 7.48. The number of rotatable bonds is 3. The van der Waals surface area contributed by atoms with Crippen LogP contribution in [0.4, 0.5) is 0 Å². The van der Waals surface area contributed by atoms with E-state index in [1.54, 1.807) is 6.07 Å². The fourth-order valence-corrected chi connectivity index (χ4v) is 1.69. The maximum atomic E-state index is 11.0. The van der Waals surface area contributed by atoms with E-state index in [4.69, 9.17) is 16.8 Å². The Bertz CT molecular complexity index is 493. The van der Waals surface area contributed by atoms with Crippen molar-refractivity contribution in [2.75, 3.05) is 0 Å². The van der Waals surface area contributed by atoms with Crippen LogP contribution in [0.15, 0.2) is 30.3 Å². The van der Waals surface area contributed by atoms with E-state index in [2.05, 4.69) is 13.6 Å². The Morgan fingerprint density at radius 1 is 1.40 bits per heavy atom. The van der Waals surface area contributed by atoms with Crippen molar-refractivity contribution in [2.24, 2.45) is 0 Å². The molecule has 80 valence electrons. The lowest BCUT2D eigenvalue weighted by Crippen LogP contribution is -1.90. The number of hydrogen-bond donors (Lipinski definition) is 2. The zero-order valence-electron chi connectivity index (χ0n) is 7.38. The predicted octanol–water partition coefficient (Wildman–Crippen LogP) is 2.82. The molecular formula is C8H7ClNO4P. The maximum absolute atomic E-state index is 11.0. The highest BCUT2D eigenvalue weighted by Crippen LogP contribution is 2.45. The number of aromatic nitrogens is 1. The summed E-state index contributed by atoms with van der Waals surface area (Å²) in [6, 6.07) is 8.90. The first-order chi connectivity index (χ1) is 7.11. The monoisotopic (exact) mass is 247 g/mol. The Labute approximate surface area is 90.4 Å². The van der Waals surface area contributed by atoms with Crippen LogP contribution in [-0.2, 0) is 8.64 Å². The molecule has 1 atom stereocenters. The van der Waals surface area contributed by atoms with Crippen molar-refractivity contribution < 1.29 is 18.1 Å². The largest absolute Gasteiger partial charge is 0.545 e. The molecule has 0 aliphatic rings. The minimum absolute atomic E-state index is 0.127. The molecule has 0 aliphatic carbocycles. The lowest BCUT2D eigenvalue weighted by molar-refractivity contribution is 0.297. The van der Waals surface area contributed by atoms with Crippen molar-refractivity contribution >= 4 is 30.6 Å². The first-order valence-electron chi connectivity index (χ1n) is 4.01. The van der Waals surface area contributed by atoms with E-state index in [1.807, 2.05) is 24.3 Å². The molecule has 0 spiro atoms. The Morgan fingerprint density at radius 2 is 2.13 bits per heavy atom. The van der Waals surface area contributed by atoms with Gasteiger partial charge in [-0.05, 0) is 6.07 Å². The highest BCUT2D eigenvalue weighted by atomic mass is 35.5. The lowest BCUT2D eigenvalue weighted by Gasteiger charge is -2.05. The summed E-state index contributed by atoms with van der Waals surface area (Å²) in [7, 11) is -4.22. The van der Waals surface area contributed by atoms with Crippen LogP contribution in [-0.4, -0.2) is 9.88 Å². The van der Waals surface area contributed by atoms with Crippen molar-refractivity contribution in [2.45, 2.75) is 0 Å². The van der Waals surface area contributed by atoms with Crippen LogP contribution in [0.25, 0.3) is 10.9 Å². The van der Waals surface area contributed by atoms with Gasteiger partial charge in [0.25, 0.3) is 0 Å². The maximum Gasteiger partial charge on any atom is 0.545 e. The Balaban J connectivity index is 2.34. The molecule has 0 saturated heterocycles. The summed E-state index contributed by atoms with van der Waals surface area (Å²) in [6.45, 7) is 0. The van der Waals surface area contributed by atoms with Crippen molar-refractivity contribution in [3.8, 4) is 5.88 Å². The summed E-state index contributed by atoms with van der Waals surface area (Å²) in [6.07, 6.45) is 0. The van der Waals surface area contributed by atoms with Gasteiger partial charge < -0.3 is 9.51 Å². The van der Waals surface area contributed by atoms with Gasteiger partial charge in [0.1, 0.15) is 0 Å². The number of fused-ring (bicyclic) bond motifs is 1. The molecule has 1 aromatic carbocycles. The van der Waals surface area contributed by atoms with Crippen molar-refractivity contribution in [3.63, 3.8) is 0 Å². The smallest absolute Gasteiger partial charge is 0.387 e. The molecule has 15 heavy (non-hydrogen) atoms. The molecule has 0 radical (unpaired) electrons. The average Bonchev–Trinajstić information content (AvgIpc) is 2.58. The molecule has 0 aliphatic heterocycles. The molecule has 5 nitrogen and oxygen atoms in total. The quantitative estimate of drug-likeness (QED) is 0.818. The number of benzene rings is 1. The van der Waals surface area contributed by atoms with Gasteiger partial charge in [0.05, 0.1) is 11.9 Å². The minimum Gasteiger partial charge on any atom is -0.387 e. The first-order valence-corrected chi connectivity index (χ1v) is 5.81. The van der Waals surface area contributed by atoms with Gasteiger partial charge in [0.2, 0.25) is 5.88 Å². The van der Waals surface area contributed by atoms with E-state index in [0.717, 1.165) is 10.9 Å². The predicted molar refractivity (Wildman–Crippen MR) is 55.7 cm³/mol. The second-order valence-electron chi connectivity index (χ2n) is 2.85. The molecule has 0 fully saturated rings. The number of nitrogens with one attached hydrogen (secondary N) is 1. The second-order valence-corrected chi connectivity index (χ2v) is 4.52. The molecule has 0 amide bonds. The summed E-state index contributed by atoms with van der Waals surface area (Å²) < 4.78 is 19.4. The summed E-state index contributed by atoms with van der Waals surface area (Å²) in [4.78, 5) is 11.8. The van der Waals surface area contributed by atoms with E-state index < -0.39 is 7.82 Å². The molecule has 1 aromatic heterocycles. The molecule has 1 heterocycles. The molecule has 0 saturated carbocycles. The zero-order chi connectivity index (χ0) is 10.9. The second kappa shape index (κ2) is 3.87. The average molecular weight is 248 g/mol. The van der Waals surface area contributed by atoms with Crippen LogP contribution in [0.3, 0.4) is 0 Å². The third-order valence-electron chi connectivity index (χ3n) is 1.81.